The van der Waals surface area contributed by atoms with Gasteiger partial charge in [-0.1, -0.05) is 37.5 Å². The SMILES string of the molecule is Cn1cc(C(=O)Nc2ccc(NC3CCCCC3)cc2)c2ccccc21. The van der Waals surface area contributed by atoms with Crippen LogP contribution in [-0.4, -0.2) is 16.5 Å². The van der Waals surface area contributed by atoms with Gasteiger partial charge < -0.3 is 15.2 Å². The summed E-state index contributed by atoms with van der Waals surface area (Å²) in [6, 6.07) is 16.6. The first-order chi connectivity index (χ1) is 12.7. The average molecular weight is 347 g/mol. The zero-order valence-electron chi connectivity index (χ0n) is 15.2. The quantitative estimate of drug-likeness (QED) is 0.683. The number of carbonyl (C=O) groups is 1. The maximum absolute atomic E-state index is 12.7. The number of hydrogen-bond donors (Lipinski definition) is 2. The number of hydrogen-bond acceptors (Lipinski definition) is 2. The fraction of sp³-hybridized carbons (Fsp3) is 0.318. The number of nitrogens with one attached hydrogen (secondary N) is 2. The van der Waals surface area contributed by atoms with Crippen LogP contribution in [-0.2, 0) is 7.05 Å². The number of rotatable bonds is 4. The van der Waals surface area contributed by atoms with E-state index >= 15 is 0 Å². The summed E-state index contributed by atoms with van der Waals surface area (Å²) in [5.41, 5.74) is 3.70. The van der Waals surface area contributed by atoms with Gasteiger partial charge in [0.15, 0.2) is 0 Å². The van der Waals surface area contributed by atoms with Gasteiger partial charge in [0, 0.05) is 41.6 Å². The van der Waals surface area contributed by atoms with Crippen molar-refractivity contribution in [2.75, 3.05) is 10.6 Å². The molecule has 2 aromatic carbocycles. The van der Waals surface area contributed by atoms with E-state index in [4.69, 9.17) is 0 Å². The van der Waals surface area contributed by atoms with Crippen molar-refractivity contribution in [1.82, 2.24) is 4.57 Å². The topological polar surface area (TPSA) is 46.1 Å². The third-order valence-corrected chi connectivity index (χ3v) is 5.26. The molecule has 0 unspecified atom stereocenters. The van der Waals surface area contributed by atoms with E-state index in [-0.39, 0.29) is 5.91 Å². The van der Waals surface area contributed by atoms with Crippen molar-refractivity contribution >= 4 is 28.2 Å². The second-order valence-electron chi connectivity index (χ2n) is 7.18. The van der Waals surface area contributed by atoms with Crippen LogP contribution in [0, 0.1) is 0 Å². The van der Waals surface area contributed by atoms with E-state index < -0.39 is 0 Å². The van der Waals surface area contributed by atoms with E-state index in [1.807, 2.05) is 66.3 Å². The summed E-state index contributed by atoms with van der Waals surface area (Å²) < 4.78 is 1.99. The molecule has 134 valence electrons. The number of nitrogens with zero attached hydrogens (tertiary/aromatic N) is 1. The molecule has 0 radical (unpaired) electrons. The second kappa shape index (κ2) is 7.24. The predicted molar refractivity (Wildman–Crippen MR) is 108 cm³/mol. The summed E-state index contributed by atoms with van der Waals surface area (Å²) in [5.74, 6) is -0.0743. The molecular weight excluding hydrogens is 322 g/mol. The lowest BCUT2D eigenvalue weighted by atomic mass is 9.95. The summed E-state index contributed by atoms with van der Waals surface area (Å²) in [6.45, 7) is 0. The lowest BCUT2D eigenvalue weighted by Gasteiger charge is -2.23. The first kappa shape index (κ1) is 16.7. The van der Waals surface area contributed by atoms with Crippen LogP contribution in [0.1, 0.15) is 42.5 Å². The lowest BCUT2D eigenvalue weighted by Crippen LogP contribution is -2.22. The summed E-state index contributed by atoms with van der Waals surface area (Å²) >= 11 is 0. The van der Waals surface area contributed by atoms with E-state index in [9.17, 15) is 4.79 Å². The number of benzene rings is 2. The van der Waals surface area contributed by atoms with Crippen molar-refractivity contribution in [1.29, 1.82) is 0 Å². The first-order valence-corrected chi connectivity index (χ1v) is 9.43. The molecule has 2 N–H and O–H groups in total. The molecule has 1 aromatic heterocycles. The molecular formula is C22H25N3O. The zero-order chi connectivity index (χ0) is 17.9. The van der Waals surface area contributed by atoms with Crippen molar-refractivity contribution < 1.29 is 4.79 Å². The molecule has 1 aliphatic carbocycles. The number of fused-ring (bicyclic) bond motifs is 1. The molecule has 0 spiro atoms. The Morgan fingerprint density at radius 1 is 0.962 bits per heavy atom. The summed E-state index contributed by atoms with van der Waals surface area (Å²) in [7, 11) is 1.96. The van der Waals surface area contributed by atoms with Gasteiger partial charge in [0.05, 0.1) is 5.56 Å². The van der Waals surface area contributed by atoms with E-state index in [0.29, 0.717) is 11.6 Å². The molecule has 0 atom stereocenters. The number of carbonyl (C=O) groups excluding carboxylic acids is 1. The van der Waals surface area contributed by atoms with Gasteiger partial charge in [-0.3, -0.25) is 4.79 Å². The first-order valence-electron chi connectivity index (χ1n) is 9.43. The van der Waals surface area contributed by atoms with Crippen LogP contribution in [0.25, 0.3) is 10.9 Å². The Bertz CT molecular complexity index is 905. The normalized spacial score (nSPS) is 15.1. The Labute approximate surface area is 154 Å². The number of amides is 1. The molecule has 26 heavy (non-hydrogen) atoms. The number of anilines is 2. The average Bonchev–Trinajstić information content (AvgIpc) is 3.01. The molecule has 3 aromatic rings. The molecule has 0 saturated heterocycles. The maximum atomic E-state index is 12.7. The molecule has 1 fully saturated rings. The van der Waals surface area contributed by atoms with Gasteiger partial charge in [0.25, 0.3) is 5.91 Å². The minimum absolute atomic E-state index is 0.0743. The van der Waals surface area contributed by atoms with Crippen molar-refractivity contribution in [3.05, 3.63) is 60.3 Å². The van der Waals surface area contributed by atoms with Crippen LogP contribution in [0.15, 0.2) is 54.7 Å². The third-order valence-electron chi connectivity index (χ3n) is 5.26. The van der Waals surface area contributed by atoms with Crippen molar-refractivity contribution in [3.8, 4) is 0 Å². The van der Waals surface area contributed by atoms with E-state index in [0.717, 1.165) is 22.3 Å². The predicted octanol–water partition coefficient (Wildman–Crippen LogP) is 5.18. The van der Waals surface area contributed by atoms with Crippen molar-refractivity contribution in [2.45, 2.75) is 38.1 Å². The van der Waals surface area contributed by atoms with Crippen molar-refractivity contribution in [3.63, 3.8) is 0 Å². The van der Waals surface area contributed by atoms with Crippen LogP contribution in [0.3, 0.4) is 0 Å². The van der Waals surface area contributed by atoms with Gasteiger partial charge in [-0.2, -0.15) is 0 Å². The molecule has 1 amide bonds. The lowest BCUT2D eigenvalue weighted by molar-refractivity contribution is 0.102. The molecule has 4 heteroatoms. The van der Waals surface area contributed by atoms with E-state index in [1.165, 1.54) is 32.1 Å². The Balaban J connectivity index is 1.45. The Hall–Kier alpha value is -2.75. The highest BCUT2D eigenvalue weighted by atomic mass is 16.1. The highest BCUT2D eigenvalue weighted by molar-refractivity contribution is 6.13. The zero-order valence-corrected chi connectivity index (χ0v) is 15.2. The smallest absolute Gasteiger partial charge is 0.257 e. The van der Waals surface area contributed by atoms with Gasteiger partial charge in [0.1, 0.15) is 0 Å². The summed E-state index contributed by atoms with van der Waals surface area (Å²) in [6.07, 6.45) is 8.38. The van der Waals surface area contributed by atoms with Crippen LogP contribution in [0.4, 0.5) is 11.4 Å². The molecule has 4 nitrogen and oxygen atoms in total. The number of aryl methyl sites for hydroxylation is 1. The van der Waals surface area contributed by atoms with Gasteiger partial charge in [-0.25, -0.2) is 0 Å². The highest BCUT2D eigenvalue weighted by Crippen LogP contribution is 2.24. The van der Waals surface area contributed by atoms with Gasteiger partial charge in [-0.05, 0) is 43.2 Å². The van der Waals surface area contributed by atoms with Gasteiger partial charge in [0.2, 0.25) is 0 Å². The molecule has 1 aliphatic rings. The maximum Gasteiger partial charge on any atom is 0.257 e. The van der Waals surface area contributed by atoms with E-state index in [1.54, 1.807) is 0 Å². The number of aromatic nitrogens is 1. The Morgan fingerprint density at radius 2 is 1.65 bits per heavy atom. The molecule has 1 heterocycles. The summed E-state index contributed by atoms with van der Waals surface area (Å²) in [5, 5.41) is 7.59. The third kappa shape index (κ3) is 3.45. The molecule has 0 aliphatic heterocycles. The Morgan fingerprint density at radius 3 is 2.42 bits per heavy atom. The van der Waals surface area contributed by atoms with Crippen molar-refractivity contribution in [2.24, 2.45) is 7.05 Å². The minimum Gasteiger partial charge on any atom is -0.382 e. The standard InChI is InChI=1S/C22H25N3O/c1-25-15-20(19-9-5-6-10-21(19)25)22(26)24-18-13-11-17(12-14-18)23-16-7-3-2-4-8-16/h5-6,9-16,23H,2-4,7-8H2,1H3,(H,24,26). The molecule has 1 saturated carbocycles. The largest absolute Gasteiger partial charge is 0.382 e. The van der Waals surface area contributed by atoms with Crippen LogP contribution < -0.4 is 10.6 Å². The summed E-state index contributed by atoms with van der Waals surface area (Å²) in [4.78, 5) is 12.7. The van der Waals surface area contributed by atoms with Crippen LogP contribution in [0.2, 0.25) is 0 Å². The molecule has 0 bridgehead atoms. The minimum atomic E-state index is -0.0743. The Kier molecular flexibility index (Phi) is 4.65. The molecule has 4 rings (SSSR count). The second-order valence-corrected chi connectivity index (χ2v) is 7.18. The highest BCUT2D eigenvalue weighted by Gasteiger charge is 2.15. The van der Waals surface area contributed by atoms with Gasteiger partial charge in [-0.15, -0.1) is 0 Å². The van der Waals surface area contributed by atoms with E-state index in [2.05, 4.69) is 10.6 Å². The fourth-order valence-corrected chi connectivity index (χ4v) is 3.85. The fourth-order valence-electron chi connectivity index (χ4n) is 3.85. The monoisotopic (exact) mass is 347 g/mol. The van der Waals surface area contributed by atoms with Crippen LogP contribution >= 0.6 is 0 Å². The van der Waals surface area contributed by atoms with Crippen LogP contribution in [0.5, 0.6) is 0 Å². The van der Waals surface area contributed by atoms with Gasteiger partial charge >= 0.3 is 0 Å². The number of para-hydroxylation sites is 1.